The van der Waals surface area contributed by atoms with Gasteiger partial charge in [-0.3, -0.25) is 0 Å². The van der Waals surface area contributed by atoms with Gasteiger partial charge in [0.25, 0.3) is 0 Å². The fourth-order valence-corrected chi connectivity index (χ4v) is 10.8. The number of hydrogen-bond donors (Lipinski definition) is 0. The van der Waals surface area contributed by atoms with Crippen LogP contribution in [0.25, 0.3) is 0 Å². The molecule has 0 amide bonds. The van der Waals surface area contributed by atoms with Crippen molar-refractivity contribution in [1.29, 1.82) is 0 Å². The van der Waals surface area contributed by atoms with Crippen molar-refractivity contribution in [3.63, 3.8) is 0 Å². The van der Waals surface area contributed by atoms with Gasteiger partial charge in [-0.15, -0.1) is 0 Å². The van der Waals surface area contributed by atoms with Gasteiger partial charge in [0.15, 0.2) is 18.6 Å². The van der Waals surface area contributed by atoms with E-state index in [1.165, 1.54) is 5.56 Å². The Morgan fingerprint density at radius 2 is 1.04 bits per heavy atom. The minimum Gasteiger partial charge on any atom is -0.455 e. The smallest absolute Gasteiger partial charge is 0.190 e. The summed E-state index contributed by atoms with van der Waals surface area (Å²) in [6.07, 6.45) is 0. The molecule has 8 rings (SSSR count). The molecule has 6 heteroatoms. The normalized spacial score (nSPS) is 18.7. The zero-order valence-electron chi connectivity index (χ0n) is 29.1. The van der Waals surface area contributed by atoms with E-state index in [9.17, 15) is 0 Å². The van der Waals surface area contributed by atoms with Gasteiger partial charge in [-0.1, -0.05) is 95.2 Å². The summed E-state index contributed by atoms with van der Waals surface area (Å²) in [5.74, 6) is 4.13. The molecule has 0 bridgehead atoms. The van der Waals surface area contributed by atoms with E-state index in [4.69, 9.17) is 14.2 Å². The molecule has 0 saturated carbocycles. The summed E-state index contributed by atoms with van der Waals surface area (Å²) in [5.41, 5.74) is 6.10. The van der Waals surface area contributed by atoms with Crippen LogP contribution in [0.15, 0.2) is 48.5 Å². The van der Waals surface area contributed by atoms with E-state index >= 15 is 4.57 Å². The molecule has 4 aromatic carbocycles. The Hall–Kier alpha value is -3.69. The van der Waals surface area contributed by atoms with Gasteiger partial charge in [0, 0.05) is 11.1 Å². The molecular formula is C40H44NO4P. The molecule has 4 aliphatic heterocycles. The monoisotopic (exact) mass is 633 g/mol. The number of hydrogen-bond acceptors (Lipinski definition) is 5. The molecule has 0 fully saturated rings. The van der Waals surface area contributed by atoms with E-state index in [1.54, 1.807) is 0 Å². The van der Waals surface area contributed by atoms with Crippen LogP contribution in [0.1, 0.15) is 105 Å². The highest BCUT2D eigenvalue weighted by atomic mass is 31.2. The van der Waals surface area contributed by atoms with Crippen molar-refractivity contribution in [1.82, 2.24) is 0 Å². The summed E-state index contributed by atoms with van der Waals surface area (Å²) >= 11 is 0. The van der Waals surface area contributed by atoms with Crippen LogP contribution in [0.5, 0.6) is 34.5 Å². The average Bonchev–Trinajstić information content (AvgIpc) is 2.92. The van der Waals surface area contributed by atoms with Crippen molar-refractivity contribution in [3.05, 3.63) is 70.8 Å². The van der Waals surface area contributed by atoms with Crippen molar-refractivity contribution in [2.45, 2.75) is 105 Å². The molecule has 0 aliphatic carbocycles. The maximum atomic E-state index is 16.6. The lowest BCUT2D eigenvalue weighted by atomic mass is 9.84. The summed E-state index contributed by atoms with van der Waals surface area (Å²) < 4.78 is 37.5. The summed E-state index contributed by atoms with van der Waals surface area (Å²) in [6.45, 7) is 26.3. The van der Waals surface area contributed by atoms with Crippen LogP contribution in [0.4, 0.5) is 17.1 Å². The Morgan fingerprint density at radius 1 is 0.500 bits per heavy atom. The highest BCUT2D eigenvalue weighted by Crippen LogP contribution is 2.69. The van der Waals surface area contributed by atoms with Crippen LogP contribution in [0.2, 0.25) is 0 Å². The Bertz CT molecular complexity index is 2080. The molecule has 0 spiro atoms. The van der Waals surface area contributed by atoms with Gasteiger partial charge < -0.3 is 23.7 Å². The lowest BCUT2D eigenvalue weighted by Crippen LogP contribution is -2.45. The van der Waals surface area contributed by atoms with Gasteiger partial charge in [0.2, 0.25) is 0 Å². The Morgan fingerprint density at radius 3 is 1.61 bits per heavy atom. The molecule has 0 aromatic heterocycles. The summed E-state index contributed by atoms with van der Waals surface area (Å²) in [5, 5.41) is 2.15. The van der Waals surface area contributed by atoms with E-state index in [1.807, 2.05) is 0 Å². The quantitative estimate of drug-likeness (QED) is 0.156. The lowest BCUT2D eigenvalue weighted by Gasteiger charge is -2.47. The van der Waals surface area contributed by atoms with Gasteiger partial charge in [-0.2, -0.15) is 0 Å². The van der Waals surface area contributed by atoms with Gasteiger partial charge in [0.1, 0.15) is 34.0 Å². The number of benzene rings is 4. The minimum atomic E-state index is -3.51. The Balaban J connectivity index is 1.56. The van der Waals surface area contributed by atoms with Gasteiger partial charge in [0.05, 0.1) is 22.0 Å². The molecule has 4 heterocycles. The number of fused-ring (bicyclic) bond motifs is 3. The van der Waals surface area contributed by atoms with Crippen LogP contribution in [0.3, 0.4) is 0 Å². The van der Waals surface area contributed by atoms with Gasteiger partial charge >= 0.3 is 0 Å². The maximum Gasteiger partial charge on any atom is 0.190 e. The zero-order chi connectivity index (χ0) is 33.1. The third kappa shape index (κ3) is 3.78. The molecule has 0 saturated heterocycles. The van der Waals surface area contributed by atoms with Gasteiger partial charge in [-0.25, -0.2) is 0 Å². The standard InChI is InChI=1S/C40H44NO4P/c1-37(2,3)21-13-15-25-27(17-21)43-28-20-24(40(10,11)12)33-36-31(28)41(25)26-16-14-23(39(7,8)9)32-34(26)46(36,42)35-29(44-32)18-22(38(4,5)6)19-30(35)45-33/h13-20H,1-12H3. The Kier molecular flexibility index (Phi) is 5.56. The summed E-state index contributed by atoms with van der Waals surface area (Å²) in [6, 6.07) is 17.1. The van der Waals surface area contributed by atoms with E-state index in [2.05, 4.69) is 137 Å². The predicted octanol–water partition coefficient (Wildman–Crippen LogP) is 10.6. The molecule has 4 aromatic rings. The molecule has 0 radical (unpaired) electrons. The number of nitrogens with zero attached hydrogens (tertiary/aromatic N) is 1. The van der Waals surface area contributed by atoms with Gasteiger partial charge in [-0.05, 0) is 69.2 Å². The first kappa shape index (κ1) is 29.7. The maximum absolute atomic E-state index is 16.6. The van der Waals surface area contributed by atoms with E-state index in [0.29, 0.717) is 34.1 Å². The highest BCUT2D eigenvalue weighted by molar-refractivity contribution is 7.87. The molecular weight excluding hydrogens is 589 g/mol. The van der Waals surface area contributed by atoms with Crippen molar-refractivity contribution in [2.75, 3.05) is 4.90 Å². The first-order valence-electron chi connectivity index (χ1n) is 16.4. The molecule has 5 nitrogen and oxygen atoms in total. The average molecular weight is 634 g/mol. The molecule has 1 atom stereocenters. The molecule has 4 aliphatic rings. The van der Waals surface area contributed by atoms with Crippen LogP contribution < -0.4 is 35.0 Å². The Labute approximate surface area is 273 Å². The van der Waals surface area contributed by atoms with Crippen molar-refractivity contribution < 1.29 is 18.8 Å². The van der Waals surface area contributed by atoms with Crippen LogP contribution in [-0.2, 0) is 26.2 Å². The zero-order valence-corrected chi connectivity index (χ0v) is 30.0. The SMILES string of the molecule is CC(C)(C)c1ccc2c(c1)Oc1cc(C(C)(C)C)c3c4c1N2c1ccc(C(C)(C)C)c2c1P4(=O)c1c(cc(C(C)(C)C)cc1O3)O2. The summed E-state index contributed by atoms with van der Waals surface area (Å²) in [4.78, 5) is 2.25. The van der Waals surface area contributed by atoms with Crippen LogP contribution in [0, 0.1) is 0 Å². The third-order valence-electron chi connectivity index (χ3n) is 9.94. The number of rotatable bonds is 0. The largest absolute Gasteiger partial charge is 0.455 e. The minimum absolute atomic E-state index is 0.0517. The van der Waals surface area contributed by atoms with E-state index in [0.717, 1.165) is 50.1 Å². The van der Waals surface area contributed by atoms with Crippen LogP contribution in [-0.4, -0.2) is 0 Å². The second kappa shape index (κ2) is 8.61. The third-order valence-corrected chi connectivity index (χ3v) is 13.1. The first-order chi connectivity index (χ1) is 21.2. The molecule has 0 N–H and O–H groups in total. The van der Waals surface area contributed by atoms with Crippen LogP contribution >= 0.6 is 7.14 Å². The highest BCUT2D eigenvalue weighted by Gasteiger charge is 2.57. The second-order valence-corrected chi connectivity index (χ2v) is 20.1. The summed E-state index contributed by atoms with van der Waals surface area (Å²) in [7, 11) is -3.51. The fourth-order valence-electron chi connectivity index (χ4n) is 7.38. The van der Waals surface area contributed by atoms with Crippen molar-refractivity contribution >= 4 is 40.1 Å². The fraction of sp³-hybridized carbons (Fsp3) is 0.400. The van der Waals surface area contributed by atoms with E-state index in [-0.39, 0.29) is 21.7 Å². The molecule has 1 unspecified atom stereocenters. The molecule has 46 heavy (non-hydrogen) atoms. The topological polar surface area (TPSA) is 48.0 Å². The van der Waals surface area contributed by atoms with Crippen molar-refractivity contribution in [2.24, 2.45) is 0 Å². The number of ether oxygens (including phenoxy) is 3. The second-order valence-electron chi connectivity index (χ2n) is 17.5. The van der Waals surface area contributed by atoms with E-state index < -0.39 is 7.14 Å². The lowest BCUT2D eigenvalue weighted by molar-refractivity contribution is 0.429. The molecule has 238 valence electrons. The first-order valence-corrected chi connectivity index (χ1v) is 18.1. The number of anilines is 3. The van der Waals surface area contributed by atoms with Crippen molar-refractivity contribution in [3.8, 4) is 34.5 Å². The predicted molar refractivity (Wildman–Crippen MR) is 189 cm³/mol.